The van der Waals surface area contributed by atoms with Gasteiger partial charge in [-0.25, -0.2) is 18.2 Å². The molecule has 0 saturated carbocycles. The van der Waals surface area contributed by atoms with Gasteiger partial charge < -0.3 is 9.47 Å². The summed E-state index contributed by atoms with van der Waals surface area (Å²) in [6.45, 7) is -0.785. The van der Waals surface area contributed by atoms with Crippen LogP contribution in [0.5, 0.6) is 11.6 Å². The van der Waals surface area contributed by atoms with Crippen LogP contribution in [0.3, 0.4) is 0 Å². The fourth-order valence-electron chi connectivity index (χ4n) is 2.31. The molecule has 2 aromatic heterocycles. The molecule has 0 aliphatic heterocycles. The zero-order valence-corrected chi connectivity index (χ0v) is 12.7. The van der Waals surface area contributed by atoms with Crippen molar-refractivity contribution in [3.05, 3.63) is 42.2 Å². The molecular formula is C16H14F3N3O2. The van der Waals surface area contributed by atoms with Gasteiger partial charge in [0.1, 0.15) is 13.3 Å². The first-order valence-electron chi connectivity index (χ1n) is 7.13. The third-order valence-electron chi connectivity index (χ3n) is 3.42. The van der Waals surface area contributed by atoms with Gasteiger partial charge in [0, 0.05) is 17.1 Å². The van der Waals surface area contributed by atoms with Crippen LogP contribution in [0.4, 0.5) is 13.2 Å². The number of aromatic nitrogens is 3. The number of ether oxygens (including phenoxy) is 2. The van der Waals surface area contributed by atoms with Crippen LogP contribution in [0.1, 0.15) is 12.0 Å². The van der Waals surface area contributed by atoms with Gasteiger partial charge in [0.2, 0.25) is 5.95 Å². The first-order valence-corrected chi connectivity index (χ1v) is 7.13. The van der Waals surface area contributed by atoms with Crippen LogP contribution >= 0.6 is 0 Å². The van der Waals surface area contributed by atoms with Crippen molar-refractivity contribution in [2.45, 2.75) is 6.43 Å². The largest absolute Gasteiger partial charge is 0.484 e. The van der Waals surface area contributed by atoms with E-state index in [2.05, 4.69) is 9.97 Å². The van der Waals surface area contributed by atoms with Crippen LogP contribution in [0.2, 0.25) is 0 Å². The Hall–Kier alpha value is -2.77. The number of nitrogens with zero attached hydrogens (tertiary/aromatic N) is 3. The van der Waals surface area contributed by atoms with E-state index in [1.54, 1.807) is 22.9 Å². The maximum Gasteiger partial charge on any atom is 0.263 e. The summed E-state index contributed by atoms with van der Waals surface area (Å²) in [7, 11) is 1.40. The molecule has 8 heteroatoms. The van der Waals surface area contributed by atoms with Crippen molar-refractivity contribution in [1.82, 2.24) is 14.5 Å². The van der Waals surface area contributed by atoms with Gasteiger partial charge >= 0.3 is 0 Å². The molecule has 1 aromatic carbocycles. The number of methoxy groups -OCH3 is 1. The van der Waals surface area contributed by atoms with Gasteiger partial charge in [0.05, 0.1) is 18.8 Å². The van der Waals surface area contributed by atoms with E-state index >= 15 is 0 Å². The minimum Gasteiger partial charge on any atom is -0.484 e. The van der Waals surface area contributed by atoms with E-state index in [-0.39, 0.29) is 29.7 Å². The molecule has 3 rings (SSSR count). The van der Waals surface area contributed by atoms with Crippen molar-refractivity contribution in [1.29, 1.82) is 0 Å². The summed E-state index contributed by atoms with van der Waals surface area (Å²) in [5.41, 5.74) is 0.463. The molecule has 0 saturated heterocycles. The van der Waals surface area contributed by atoms with Gasteiger partial charge in [-0.1, -0.05) is 12.1 Å². The Morgan fingerprint density at radius 1 is 1.25 bits per heavy atom. The lowest BCUT2D eigenvalue weighted by molar-refractivity contribution is 0.151. The lowest BCUT2D eigenvalue weighted by atomic mass is 10.2. The van der Waals surface area contributed by atoms with Gasteiger partial charge in [-0.15, -0.1) is 0 Å². The van der Waals surface area contributed by atoms with Crippen LogP contribution in [0.25, 0.3) is 16.9 Å². The Bertz CT molecular complexity index is 852. The minimum atomic E-state index is -2.57. The first kappa shape index (κ1) is 16.1. The monoisotopic (exact) mass is 337 g/mol. The zero-order valence-electron chi connectivity index (χ0n) is 12.7. The quantitative estimate of drug-likeness (QED) is 0.688. The maximum absolute atomic E-state index is 12.9. The highest BCUT2D eigenvalue weighted by molar-refractivity contribution is 5.82. The Morgan fingerprint density at radius 3 is 2.79 bits per heavy atom. The van der Waals surface area contributed by atoms with E-state index in [1.165, 1.54) is 25.4 Å². The number of alkyl halides is 3. The molecule has 2 heterocycles. The van der Waals surface area contributed by atoms with Crippen LogP contribution < -0.4 is 9.47 Å². The molecular weight excluding hydrogens is 323 g/mol. The van der Waals surface area contributed by atoms with Gasteiger partial charge in [-0.3, -0.25) is 4.57 Å². The van der Waals surface area contributed by atoms with Gasteiger partial charge in [-0.05, 0) is 12.1 Å². The van der Waals surface area contributed by atoms with Crippen LogP contribution in [0.15, 0.2) is 36.7 Å². The predicted octanol–water partition coefficient (Wildman–Crippen LogP) is 3.72. The highest BCUT2D eigenvalue weighted by Crippen LogP contribution is 2.28. The minimum absolute atomic E-state index is 0.0858. The lowest BCUT2D eigenvalue weighted by Crippen LogP contribution is -2.06. The first-order chi connectivity index (χ1) is 11.6. The van der Waals surface area contributed by atoms with Crippen molar-refractivity contribution >= 4 is 10.9 Å². The summed E-state index contributed by atoms with van der Waals surface area (Å²) in [5, 5.41) is 0.778. The smallest absolute Gasteiger partial charge is 0.263 e. The highest BCUT2D eigenvalue weighted by Gasteiger charge is 2.14. The molecule has 3 aromatic rings. The fraction of sp³-hybridized carbons (Fsp3) is 0.250. The number of rotatable bonds is 6. The second kappa shape index (κ2) is 6.77. The molecule has 126 valence electrons. The summed E-state index contributed by atoms with van der Waals surface area (Å²) in [5.74, 6) is 0.588. The van der Waals surface area contributed by atoms with Crippen LogP contribution in [-0.2, 0) is 0 Å². The van der Waals surface area contributed by atoms with Crippen molar-refractivity contribution in [3.63, 3.8) is 0 Å². The zero-order chi connectivity index (χ0) is 17.1. The molecule has 0 fully saturated rings. The number of fused-ring (bicyclic) bond motifs is 1. The summed E-state index contributed by atoms with van der Waals surface area (Å²) in [4.78, 5) is 8.35. The standard InChI is InChI=1S/C16H14F3N3O2/c1-23-15-13(24-7-5-17)9-20-16(21-15)22-6-4-10-2-3-11(14(18)19)8-12(10)22/h2-4,6,8-9,14H,5,7H2,1H3. The Balaban J connectivity index is 2.05. The second-order valence-corrected chi connectivity index (χ2v) is 4.89. The third-order valence-corrected chi connectivity index (χ3v) is 3.42. The fourth-order valence-corrected chi connectivity index (χ4v) is 2.31. The molecule has 24 heavy (non-hydrogen) atoms. The highest BCUT2D eigenvalue weighted by atomic mass is 19.3. The maximum atomic E-state index is 12.9. The summed E-state index contributed by atoms with van der Waals surface area (Å²) >= 11 is 0. The van der Waals surface area contributed by atoms with Crippen LogP contribution in [-0.4, -0.2) is 34.9 Å². The second-order valence-electron chi connectivity index (χ2n) is 4.89. The SMILES string of the molecule is COc1nc(-n2ccc3ccc(C(F)F)cc32)ncc1OCCF. The average Bonchev–Trinajstić information content (AvgIpc) is 3.02. The molecule has 0 N–H and O–H groups in total. The Morgan fingerprint density at radius 2 is 2.08 bits per heavy atom. The average molecular weight is 337 g/mol. The van der Waals surface area contributed by atoms with Gasteiger partial charge in [-0.2, -0.15) is 4.98 Å². The predicted molar refractivity (Wildman–Crippen MR) is 81.8 cm³/mol. The molecule has 5 nitrogen and oxygen atoms in total. The van der Waals surface area contributed by atoms with Crippen LogP contribution in [0, 0.1) is 0 Å². The topological polar surface area (TPSA) is 49.2 Å². The number of halogens is 3. The molecule has 0 atom stereocenters. The van der Waals surface area contributed by atoms with Crippen molar-refractivity contribution in [2.75, 3.05) is 20.4 Å². The van der Waals surface area contributed by atoms with E-state index in [9.17, 15) is 13.2 Å². The molecule has 0 bridgehead atoms. The number of benzene rings is 1. The normalized spacial score (nSPS) is 11.2. The van der Waals surface area contributed by atoms with Crippen molar-refractivity contribution in [2.24, 2.45) is 0 Å². The Labute approximate surface area is 135 Å². The van der Waals surface area contributed by atoms with Gasteiger partial charge in [0.25, 0.3) is 12.3 Å². The molecule has 0 spiro atoms. The molecule has 0 aliphatic carbocycles. The Kier molecular flexibility index (Phi) is 4.54. The third kappa shape index (κ3) is 2.99. The van der Waals surface area contributed by atoms with E-state index < -0.39 is 13.1 Å². The van der Waals surface area contributed by atoms with E-state index in [0.29, 0.717) is 5.52 Å². The molecule has 0 unspecified atom stereocenters. The molecule has 0 amide bonds. The number of hydrogen-bond donors (Lipinski definition) is 0. The van der Waals surface area contributed by atoms with E-state index in [1.807, 2.05) is 0 Å². The summed E-state index contributed by atoms with van der Waals surface area (Å²) in [6.07, 6.45) is 0.473. The van der Waals surface area contributed by atoms with Crippen molar-refractivity contribution in [3.8, 4) is 17.6 Å². The summed E-state index contributed by atoms with van der Waals surface area (Å²) in [6, 6.07) is 6.16. The lowest BCUT2D eigenvalue weighted by Gasteiger charge is -2.10. The molecule has 0 aliphatic rings. The molecule has 0 radical (unpaired) electrons. The summed E-state index contributed by atoms with van der Waals surface area (Å²) < 4.78 is 49.9. The van der Waals surface area contributed by atoms with Crippen molar-refractivity contribution < 1.29 is 22.6 Å². The van der Waals surface area contributed by atoms with Gasteiger partial charge in [0.15, 0.2) is 5.75 Å². The number of hydrogen-bond acceptors (Lipinski definition) is 4. The van der Waals surface area contributed by atoms with E-state index in [0.717, 1.165) is 5.39 Å². The van der Waals surface area contributed by atoms with E-state index in [4.69, 9.17) is 9.47 Å².